The van der Waals surface area contributed by atoms with Crippen LogP contribution >= 0.6 is 0 Å². The molecule has 2 aromatic carbocycles. The van der Waals surface area contributed by atoms with Crippen molar-refractivity contribution in [3.63, 3.8) is 0 Å². The van der Waals surface area contributed by atoms with Crippen LogP contribution in [0, 0.1) is 31.3 Å². The van der Waals surface area contributed by atoms with Crippen LogP contribution in [0.1, 0.15) is 16.7 Å². The lowest BCUT2D eigenvalue weighted by molar-refractivity contribution is 0.437. The van der Waals surface area contributed by atoms with E-state index in [9.17, 15) is 17.6 Å². The summed E-state index contributed by atoms with van der Waals surface area (Å²) in [4.78, 5) is 9.54. The number of rotatable bonds is 4. The fourth-order valence-electron chi connectivity index (χ4n) is 2.91. The molecule has 0 saturated heterocycles. The van der Waals surface area contributed by atoms with Crippen molar-refractivity contribution in [1.29, 1.82) is 0 Å². The van der Waals surface area contributed by atoms with E-state index in [4.69, 9.17) is 0 Å². The van der Waals surface area contributed by atoms with Crippen molar-refractivity contribution in [3.05, 3.63) is 76.5 Å². The van der Waals surface area contributed by atoms with Gasteiger partial charge in [0.05, 0.1) is 6.54 Å². The molecule has 3 rings (SSSR count). The molecular weight excluding hydrogens is 384 g/mol. The SMILES string of the molecule is CN=CC1N=C(Nc2cc(C)ccc2C)N(Cc2cc(F)c(F)c(F)c2)C=C1F. The van der Waals surface area contributed by atoms with E-state index in [1.165, 1.54) is 24.4 Å². The second-order valence-electron chi connectivity index (χ2n) is 6.76. The molecule has 4 nitrogen and oxygen atoms in total. The average molecular weight is 404 g/mol. The number of nitrogens with one attached hydrogen (secondary N) is 1. The monoisotopic (exact) mass is 404 g/mol. The third-order valence-corrected chi connectivity index (χ3v) is 4.42. The van der Waals surface area contributed by atoms with Gasteiger partial charge in [0.25, 0.3) is 0 Å². The molecular formula is C21H20F4N4. The van der Waals surface area contributed by atoms with Crippen molar-refractivity contribution in [2.45, 2.75) is 26.4 Å². The van der Waals surface area contributed by atoms with Gasteiger partial charge in [0, 0.05) is 25.1 Å². The van der Waals surface area contributed by atoms with Crippen LogP contribution < -0.4 is 5.32 Å². The first-order chi connectivity index (χ1) is 13.8. The van der Waals surface area contributed by atoms with E-state index in [0.29, 0.717) is 0 Å². The molecule has 152 valence electrons. The molecule has 0 saturated carbocycles. The van der Waals surface area contributed by atoms with Crippen molar-refractivity contribution >= 4 is 17.9 Å². The Balaban J connectivity index is 1.96. The van der Waals surface area contributed by atoms with E-state index in [0.717, 1.165) is 28.9 Å². The molecule has 1 N–H and O–H groups in total. The van der Waals surface area contributed by atoms with Gasteiger partial charge in [0.2, 0.25) is 5.96 Å². The van der Waals surface area contributed by atoms with Crippen LogP contribution in [0.5, 0.6) is 0 Å². The summed E-state index contributed by atoms with van der Waals surface area (Å²) in [7, 11) is 1.51. The Hall–Kier alpha value is -3.16. The first-order valence-corrected chi connectivity index (χ1v) is 8.90. The predicted octanol–water partition coefficient (Wildman–Crippen LogP) is 4.88. The number of anilines is 1. The Labute approximate surface area is 166 Å². The standard InChI is InChI=1S/C21H20F4N4/c1-12-4-5-13(2)18(6-12)27-21-28-19(9-26-3)17(24)11-29(21)10-14-7-15(22)20(25)16(23)8-14/h4-9,11,19H,10H2,1-3H3,(H,27,28). The minimum absolute atomic E-state index is 0.117. The summed E-state index contributed by atoms with van der Waals surface area (Å²) >= 11 is 0. The zero-order valence-electron chi connectivity index (χ0n) is 16.2. The first kappa shape index (κ1) is 20.6. The summed E-state index contributed by atoms with van der Waals surface area (Å²) in [6.45, 7) is 3.72. The van der Waals surface area contributed by atoms with Crippen LogP contribution in [-0.4, -0.2) is 30.2 Å². The van der Waals surface area contributed by atoms with E-state index in [1.54, 1.807) is 0 Å². The van der Waals surface area contributed by atoms with Crippen LogP contribution in [-0.2, 0) is 6.54 Å². The van der Waals surface area contributed by atoms with Crippen molar-refractivity contribution in [3.8, 4) is 0 Å². The number of aryl methyl sites for hydroxylation is 2. The van der Waals surface area contributed by atoms with Gasteiger partial charge >= 0.3 is 0 Å². The van der Waals surface area contributed by atoms with Crippen LogP contribution in [0.2, 0.25) is 0 Å². The summed E-state index contributed by atoms with van der Waals surface area (Å²) in [5, 5.41) is 3.15. The smallest absolute Gasteiger partial charge is 0.204 e. The van der Waals surface area contributed by atoms with Crippen LogP contribution in [0.25, 0.3) is 0 Å². The molecule has 1 atom stereocenters. The number of hydrogen-bond acceptors (Lipinski definition) is 4. The predicted molar refractivity (Wildman–Crippen MR) is 106 cm³/mol. The van der Waals surface area contributed by atoms with Crippen LogP contribution in [0.15, 0.2) is 52.3 Å². The Morgan fingerprint density at radius 1 is 1.10 bits per heavy atom. The normalized spacial score (nSPS) is 16.8. The fourth-order valence-corrected chi connectivity index (χ4v) is 2.91. The van der Waals surface area contributed by atoms with Crippen molar-refractivity contribution in [1.82, 2.24) is 4.90 Å². The molecule has 0 amide bonds. The molecule has 0 radical (unpaired) electrons. The summed E-state index contributed by atoms with van der Waals surface area (Å²) in [6.07, 6.45) is 2.54. The number of halogens is 4. The Morgan fingerprint density at radius 2 is 1.79 bits per heavy atom. The maximum atomic E-state index is 14.5. The third-order valence-electron chi connectivity index (χ3n) is 4.42. The second kappa shape index (κ2) is 8.46. The highest BCUT2D eigenvalue weighted by Crippen LogP contribution is 2.23. The van der Waals surface area contributed by atoms with Gasteiger partial charge < -0.3 is 10.2 Å². The van der Waals surface area contributed by atoms with Gasteiger partial charge in [-0.3, -0.25) is 4.99 Å². The van der Waals surface area contributed by atoms with Crippen molar-refractivity contribution in [2.75, 3.05) is 12.4 Å². The maximum absolute atomic E-state index is 14.5. The Bertz CT molecular complexity index is 991. The van der Waals surface area contributed by atoms with E-state index in [2.05, 4.69) is 15.3 Å². The molecule has 8 heteroatoms. The fraction of sp³-hybridized carbons (Fsp3) is 0.238. The van der Waals surface area contributed by atoms with Crippen LogP contribution in [0.3, 0.4) is 0 Å². The van der Waals surface area contributed by atoms with Gasteiger partial charge in [-0.1, -0.05) is 12.1 Å². The zero-order chi connectivity index (χ0) is 21.1. The van der Waals surface area contributed by atoms with E-state index < -0.39 is 29.3 Å². The lowest BCUT2D eigenvalue weighted by Gasteiger charge is -2.29. The minimum Gasteiger partial charge on any atom is -0.326 e. The number of guanidine groups is 1. The number of hydrogen-bond donors (Lipinski definition) is 1. The molecule has 0 spiro atoms. The van der Waals surface area contributed by atoms with E-state index in [1.807, 2.05) is 32.0 Å². The topological polar surface area (TPSA) is 40.0 Å². The number of benzene rings is 2. The molecule has 1 unspecified atom stereocenters. The molecule has 0 aromatic heterocycles. The number of aliphatic imine (C=N–C) groups is 2. The maximum Gasteiger partial charge on any atom is 0.204 e. The first-order valence-electron chi connectivity index (χ1n) is 8.90. The summed E-state index contributed by atoms with van der Waals surface area (Å²) < 4.78 is 54.9. The van der Waals surface area contributed by atoms with Gasteiger partial charge in [-0.25, -0.2) is 22.6 Å². The number of nitrogens with zero attached hydrogens (tertiary/aromatic N) is 3. The van der Waals surface area contributed by atoms with Gasteiger partial charge in [-0.2, -0.15) is 0 Å². The summed E-state index contributed by atoms with van der Waals surface area (Å²) in [5.41, 5.74) is 2.83. The van der Waals surface area contributed by atoms with E-state index >= 15 is 0 Å². The average Bonchev–Trinajstić information content (AvgIpc) is 2.66. The quantitative estimate of drug-likeness (QED) is 0.448. The lowest BCUT2D eigenvalue weighted by Crippen LogP contribution is -2.37. The minimum atomic E-state index is -1.55. The highest BCUT2D eigenvalue weighted by atomic mass is 19.2. The van der Waals surface area contributed by atoms with Gasteiger partial charge in [0.1, 0.15) is 11.9 Å². The summed E-state index contributed by atoms with van der Waals surface area (Å²) in [6, 6.07) is 6.63. The van der Waals surface area contributed by atoms with Crippen molar-refractivity contribution < 1.29 is 17.6 Å². The summed E-state index contributed by atoms with van der Waals surface area (Å²) in [5.74, 6) is -4.46. The molecule has 2 aromatic rings. The molecule has 1 heterocycles. The molecule has 0 aliphatic carbocycles. The van der Waals surface area contributed by atoms with Crippen molar-refractivity contribution in [2.24, 2.45) is 9.98 Å². The van der Waals surface area contributed by atoms with E-state index in [-0.39, 0.29) is 18.1 Å². The van der Waals surface area contributed by atoms with Gasteiger partial charge in [-0.15, -0.1) is 0 Å². The Kier molecular flexibility index (Phi) is 6.00. The largest absolute Gasteiger partial charge is 0.326 e. The molecule has 29 heavy (non-hydrogen) atoms. The second-order valence-corrected chi connectivity index (χ2v) is 6.76. The van der Waals surface area contributed by atoms with Gasteiger partial charge in [-0.05, 0) is 48.7 Å². The molecule has 1 aliphatic rings. The molecule has 0 fully saturated rings. The lowest BCUT2D eigenvalue weighted by atomic mass is 10.1. The van der Waals surface area contributed by atoms with Crippen LogP contribution in [0.4, 0.5) is 23.2 Å². The highest BCUT2D eigenvalue weighted by Gasteiger charge is 2.24. The molecule has 1 aliphatic heterocycles. The molecule has 0 bridgehead atoms. The Morgan fingerprint density at radius 3 is 2.45 bits per heavy atom. The zero-order valence-corrected chi connectivity index (χ0v) is 16.2. The van der Waals surface area contributed by atoms with Gasteiger partial charge in [0.15, 0.2) is 17.5 Å². The third kappa shape index (κ3) is 4.64. The highest BCUT2D eigenvalue weighted by molar-refractivity contribution is 5.97.